The van der Waals surface area contributed by atoms with Gasteiger partial charge in [0.2, 0.25) is 0 Å². The Morgan fingerprint density at radius 1 is 0.857 bits per heavy atom. The van der Waals surface area contributed by atoms with Gasteiger partial charge in [0.15, 0.2) is 0 Å². The fourth-order valence-electron chi connectivity index (χ4n) is 2.94. The Labute approximate surface area is 139 Å². The van der Waals surface area contributed by atoms with Gasteiger partial charge in [0.05, 0.1) is 0 Å². The zero-order valence-corrected chi connectivity index (χ0v) is 16.5. The van der Waals surface area contributed by atoms with Crippen LogP contribution < -0.4 is 0 Å². The molecule has 0 spiro atoms. The molecule has 0 rings (SSSR count). The number of thioether (sulfide) groups is 1. The minimum atomic E-state index is 0.666. The maximum absolute atomic E-state index is 2.62. The lowest BCUT2D eigenvalue weighted by Gasteiger charge is -2.31. The van der Waals surface area contributed by atoms with E-state index in [-0.39, 0.29) is 0 Å². The molecule has 0 aliphatic heterocycles. The highest BCUT2D eigenvalue weighted by molar-refractivity contribution is 7.98. The Hall–Kier alpha value is 0.270. The maximum atomic E-state index is 2.62. The Morgan fingerprint density at radius 2 is 1.48 bits per heavy atom. The van der Waals surface area contributed by atoms with Crippen molar-refractivity contribution >= 4 is 11.8 Å². The molecule has 0 amide bonds. The molecule has 0 saturated carbocycles. The van der Waals surface area contributed by atoms with Crippen molar-refractivity contribution in [1.29, 1.82) is 0 Å². The quantitative estimate of drug-likeness (QED) is 0.490. The van der Waals surface area contributed by atoms with E-state index in [4.69, 9.17) is 0 Å². The maximum Gasteiger partial charge on any atom is 0.00721 e. The summed E-state index contributed by atoms with van der Waals surface area (Å²) >= 11 is 1.95. The molecule has 0 aliphatic rings. The number of rotatable bonds is 13. The van der Waals surface area contributed by atoms with E-state index in [2.05, 4.69) is 57.6 Å². The third-order valence-electron chi connectivity index (χ3n) is 4.44. The number of nitrogens with zero attached hydrogens (tertiary/aromatic N) is 2. The highest BCUT2D eigenvalue weighted by Gasteiger charge is 2.14. The minimum absolute atomic E-state index is 0.666. The Bertz CT molecular complexity index is 223. The van der Waals surface area contributed by atoms with Gasteiger partial charge < -0.3 is 4.90 Å². The summed E-state index contributed by atoms with van der Waals surface area (Å²) < 4.78 is 0. The van der Waals surface area contributed by atoms with Crippen molar-refractivity contribution in [2.24, 2.45) is 5.92 Å². The normalized spacial score (nSPS) is 13.9. The zero-order valence-electron chi connectivity index (χ0n) is 15.7. The van der Waals surface area contributed by atoms with Gasteiger partial charge in [-0.1, -0.05) is 13.8 Å². The van der Waals surface area contributed by atoms with Gasteiger partial charge in [0, 0.05) is 24.4 Å². The lowest BCUT2D eigenvalue weighted by Crippen LogP contribution is -2.38. The summed E-state index contributed by atoms with van der Waals surface area (Å²) in [6, 6.07) is 1.33. The second-order valence-corrected chi connectivity index (χ2v) is 7.87. The van der Waals surface area contributed by atoms with E-state index in [1.54, 1.807) is 0 Å². The van der Waals surface area contributed by atoms with Crippen molar-refractivity contribution in [1.82, 2.24) is 9.80 Å². The number of hydrogen-bond acceptors (Lipinski definition) is 3. The van der Waals surface area contributed by atoms with Gasteiger partial charge in [-0.2, -0.15) is 11.8 Å². The molecule has 2 nitrogen and oxygen atoms in total. The molecular weight excluding hydrogens is 276 g/mol. The third kappa shape index (κ3) is 10.6. The van der Waals surface area contributed by atoms with E-state index >= 15 is 0 Å². The van der Waals surface area contributed by atoms with Crippen molar-refractivity contribution in [2.75, 3.05) is 38.2 Å². The van der Waals surface area contributed by atoms with Gasteiger partial charge in [-0.25, -0.2) is 0 Å². The molecule has 1 unspecified atom stereocenters. The fourth-order valence-corrected chi connectivity index (χ4v) is 3.38. The van der Waals surface area contributed by atoms with Crippen molar-refractivity contribution in [3.8, 4) is 0 Å². The first-order valence-electron chi connectivity index (χ1n) is 8.89. The lowest BCUT2D eigenvalue weighted by molar-refractivity contribution is 0.162. The second kappa shape index (κ2) is 12.8. The summed E-state index contributed by atoms with van der Waals surface area (Å²) in [4.78, 5) is 5.21. The Balaban J connectivity index is 3.85. The van der Waals surface area contributed by atoms with E-state index in [1.807, 2.05) is 11.8 Å². The van der Waals surface area contributed by atoms with Gasteiger partial charge in [-0.15, -0.1) is 0 Å². The molecule has 0 aliphatic carbocycles. The summed E-state index contributed by atoms with van der Waals surface area (Å²) in [5.74, 6) is 2.12. The van der Waals surface area contributed by atoms with Crippen LogP contribution in [0.2, 0.25) is 0 Å². The van der Waals surface area contributed by atoms with E-state index in [9.17, 15) is 0 Å². The molecular formula is C18H40N2S. The van der Waals surface area contributed by atoms with Crippen LogP contribution in [0.3, 0.4) is 0 Å². The van der Waals surface area contributed by atoms with E-state index in [0.29, 0.717) is 12.1 Å². The predicted octanol–water partition coefficient (Wildman–Crippen LogP) is 4.60. The monoisotopic (exact) mass is 316 g/mol. The smallest absolute Gasteiger partial charge is 0.00721 e. The van der Waals surface area contributed by atoms with Crippen LogP contribution in [0.25, 0.3) is 0 Å². The lowest BCUT2D eigenvalue weighted by atomic mass is 10.0. The average molecular weight is 317 g/mol. The van der Waals surface area contributed by atoms with Crippen LogP contribution in [0.5, 0.6) is 0 Å². The topological polar surface area (TPSA) is 6.48 Å². The van der Waals surface area contributed by atoms with Crippen LogP contribution in [0.1, 0.15) is 60.8 Å². The summed E-state index contributed by atoms with van der Waals surface area (Å²) in [5, 5.41) is 0. The molecule has 0 saturated heterocycles. The first-order chi connectivity index (χ1) is 9.92. The molecule has 128 valence electrons. The fraction of sp³-hybridized carbons (Fsp3) is 1.00. The summed E-state index contributed by atoms with van der Waals surface area (Å²) in [6.07, 6.45) is 6.27. The molecule has 1 atom stereocenters. The van der Waals surface area contributed by atoms with Crippen molar-refractivity contribution < 1.29 is 0 Å². The SMILES string of the molecule is CCN(CCCC(C)CCN(C(C)C)C(C)C)CCSC. The van der Waals surface area contributed by atoms with Gasteiger partial charge in [0.25, 0.3) is 0 Å². The summed E-state index contributed by atoms with van der Waals surface area (Å²) in [5.41, 5.74) is 0. The highest BCUT2D eigenvalue weighted by atomic mass is 32.2. The molecule has 0 bridgehead atoms. The van der Waals surface area contributed by atoms with Gasteiger partial charge in [-0.05, 0) is 78.8 Å². The molecule has 3 heteroatoms. The second-order valence-electron chi connectivity index (χ2n) is 6.89. The molecule has 0 aromatic carbocycles. The van der Waals surface area contributed by atoms with Gasteiger partial charge in [0.1, 0.15) is 0 Å². The standard InChI is InChI=1S/C18H40N2S/c1-8-19(14-15-21-7)12-9-10-18(6)11-13-20(16(2)3)17(4)5/h16-18H,8-15H2,1-7H3. The molecule has 0 aromatic rings. The molecule has 0 fully saturated rings. The largest absolute Gasteiger partial charge is 0.303 e. The van der Waals surface area contributed by atoms with Gasteiger partial charge >= 0.3 is 0 Å². The zero-order chi connectivity index (χ0) is 16.3. The van der Waals surface area contributed by atoms with Crippen molar-refractivity contribution in [3.05, 3.63) is 0 Å². The van der Waals surface area contributed by atoms with Crippen LogP contribution in [0.15, 0.2) is 0 Å². The molecule has 0 radical (unpaired) electrons. The average Bonchev–Trinajstić information content (AvgIpc) is 2.41. The van der Waals surface area contributed by atoms with Gasteiger partial charge in [-0.3, -0.25) is 4.90 Å². The predicted molar refractivity (Wildman–Crippen MR) is 100 cm³/mol. The Kier molecular flexibility index (Phi) is 12.9. The van der Waals surface area contributed by atoms with Crippen molar-refractivity contribution in [2.45, 2.75) is 72.9 Å². The molecule has 0 N–H and O–H groups in total. The van der Waals surface area contributed by atoms with Crippen LogP contribution >= 0.6 is 11.8 Å². The van der Waals surface area contributed by atoms with Crippen molar-refractivity contribution in [3.63, 3.8) is 0 Å². The van der Waals surface area contributed by atoms with E-state index in [0.717, 1.165) is 5.92 Å². The third-order valence-corrected chi connectivity index (χ3v) is 5.03. The highest BCUT2D eigenvalue weighted by Crippen LogP contribution is 2.14. The van der Waals surface area contributed by atoms with Crippen LogP contribution in [0.4, 0.5) is 0 Å². The van der Waals surface area contributed by atoms with E-state index in [1.165, 1.54) is 51.2 Å². The molecule has 0 heterocycles. The summed E-state index contributed by atoms with van der Waals surface area (Å²) in [6.45, 7) is 18.9. The van der Waals surface area contributed by atoms with Crippen LogP contribution in [0, 0.1) is 5.92 Å². The summed E-state index contributed by atoms with van der Waals surface area (Å²) in [7, 11) is 0. The van der Waals surface area contributed by atoms with Crippen LogP contribution in [-0.4, -0.2) is 60.1 Å². The molecule has 0 aromatic heterocycles. The Morgan fingerprint density at radius 3 is 1.95 bits per heavy atom. The molecule has 21 heavy (non-hydrogen) atoms. The minimum Gasteiger partial charge on any atom is -0.303 e. The first kappa shape index (κ1) is 21.3. The first-order valence-corrected chi connectivity index (χ1v) is 10.3. The number of hydrogen-bond donors (Lipinski definition) is 0. The van der Waals surface area contributed by atoms with E-state index < -0.39 is 0 Å². The van der Waals surface area contributed by atoms with Crippen LogP contribution in [-0.2, 0) is 0 Å².